The van der Waals surface area contributed by atoms with E-state index in [4.69, 9.17) is 4.42 Å². The predicted octanol–water partition coefficient (Wildman–Crippen LogP) is 3.23. The zero-order valence-electron chi connectivity index (χ0n) is 8.51. The van der Waals surface area contributed by atoms with Crippen molar-refractivity contribution in [2.45, 2.75) is 25.9 Å². The van der Waals surface area contributed by atoms with Gasteiger partial charge in [-0.15, -0.1) is 0 Å². The Morgan fingerprint density at radius 1 is 1.47 bits per heavy atom. The lowest BCUT2D eigenvalue weighted by atomic mass is 10.0. The molecule has 2 aromatic rings. The molecule has 0 aliphatic carbocycles. The Hall–Kier alpha value is -0.800. The van der Waals surface area contributed by atoms with Crippen LogP contribution in [0.3, 0.4) is 0 Å². The summed E-state index contributed by atoms with van der Waals surface area (Å²) in [5, 5.41) is 4.70. The van der Waals surface area contributed by atoms with E-state index in [9.17, 15) is 0 Å². The van der Waals surface area contributed by atoms with Crippen LogP contribution in [0, 0.1) is 0 Å². The second-order valence-corrected chi connectivity index (χ2v) is 5.05. The van der Waals surface area contributed by atoms with Crippen molar-refractivity contribution in [2.75, 3.05) is 0 Å². The van der Waals surface area contributed by atoms with Gasteiger partial charge in [-0.3, -0.25) is 0 Å². The summed E-state index contributed by atoms with van der Waals surface area (Å²) in [5.74, 6) is 1.15. The number of hydrogen-bond acceptors (Lipinski definition) is 2. The average molecular weight is 266 g/mol. The highest BCUT2D eigenvalue weighted by Gasteiger charge is 2.20. The fourth-order valence-electron chi connectivity index (χ4n) is 2.16. The fourth-order valence-corrected chi connectivity index (χ4v) is 2.50. The molecule has 2 nitrogen and oxygen atoms in total. The molecule has 0 radical (unpaired) electrons. The summed E-state index contributed by atoms with van der Waals surface area (Å²) < 4.78 is 6.94. The summed E-state index contributed by atoms with van der Waals surface area (Å²) in [4.78, 5) is 0. The molecule has 1 unspecified atom stereocenters. The van der Waals surface area contributed by atoms with E-state index in [1.54, 1.807) is 0 Å². The Balaban J connectivity index is 2.23. The van der Waals surface area contributed by atoms with Gasteiger partial charge in [0.25, 0.3) is 0 Å². The van der Waals surface area contributed by atoms with E-state index >= 15 is 0 Å². The Morgan fingerprint density at radius 3 is 3.20 bits per heavy atom. The maximum Gasteiger partial charge on any atom is 0.135 e. The van der Waals surface area contributed by atoms with Crippen LogP contribution in [-0.4, -0.2) is 6.04 Å². The van der Waals surface area contributed by atoms with Crippen LogP contribution >= 0.6 is 15.9 Å². The predicted molar refractivity (Wildman–Crippen MR) is 63.9 cm³/mol. The Labute approximate surface area is 96.8 Å². The van der Waals surface area contributed by atoms with Crippen LogP contribution in [-0.2, 0) is 13.0 Å². The molecular formula is C12H12BrNO. The molecule has 1 aliphatic rings. The molecule has 0 bridgehead atoms. The van der Waals surface area contributed by atoms with Gasteiger partial charge in [-0.25, -0.2) is 0 Å². The zero-order chi connectivity index (χ0) is 10.4. The van der Waals surface area contributed by atoms with Crippen LogP contribution in [0.15, 0.2) is 27.1 Å². The molecule has 2 heterocycles. The molecule has 1 aliphatic heterocycles. The minimum atomic E-state index is 0.515. The molecule has 1 N–H and O–H groups in total. The maximum absolute atomic E-state index is 5.87. The molecule has 0 fully saturated rings. The van der Waals surface area contributed by atoms with E-state index in [-0.39, 0.29) is 0 Å². The van der Waals surface area contributed by atoms with Crippen LogP contribution < -0.4 is 5.32 Å². The molecule has 3 rings (SSSR count). The van der Waals surface area contributed by atoms with E-state index in [1.165, 1.54) is 10.9 Å². The number of rotatable bonds is 0. The Morgan fingerprint density at radius 2 is 2.33 bits per heavy atom. The number of halogens is 1. The van der Waals surface area contributed by atoms with Crippen molar-refractivity contribution in [1.82, 2.24) is 5.32 Å². The number of furan rings is 1. The topological polar surface area (TPSA) is 25.2 Å². The Kier molecular flexibility index (Phi) is 2.11. The van der Waals surface area contributed by atoms with E-state index in [1.807, 2.05) is 6.07 Å². The summed E-state index contributed by atoms with van der Waals surface area (Å²) in [7, 11) is 0. The molecule has 78 valence electrons. The molecule has 1 aromatic carbocycles. The molecule has 1 atom stereocenters. The van der Waals surface area contributed by atoms with Gasteiger partial charge < -0.3 is 9.73 Å². The lowest BCUT2D eigenvalue weighted by molar-refractivity contribution is 0.439. The highest BCUT2D eigenvalue weighted by Crippen LogP contribution is 2.31. The molecule has 0 saturated heterocycles. The van der Waals surface area contributed by atoms with Crippen LogP contribution in [0.25, 0.3) is 11.0 Å². The van der Waals surface area contributed by atoms with Crippen molar-refractivity contribution < 1.29 is 4.42 Å². The lowest BCUT2D eigenvalue weighted by Crippen LogP contribution is -2.32. The van der Waals surface area contributed by atoms with Crippen LogP contribution in [0.2, 0.25) is 0 Å². The van der Waals surface area contributed by atoms with Gasteiger partial charge in [0.1, 0.15) is 11.3 Å². The zero-order valence-corrected chi connectivity index (χ0v) is 10.1. The number of nitrogens with one attached hydrogen (secondary N) is 1. The largest absolute Gasteiger partial charge is 0.461 e. The second kappa shape index (κ2) is 3.35. The maximum atomic E-state index is 5.87. The molecule has 0 saturated carbocycles. The van der Waals surface area contributed by atoms with Crippen LogP contribution in [0.4, 0.5) is 0 Å². The minimum Gasteiger partial charge on any atom is -0.461 e. The number of hydrogen-bond donors (Lipinski definition) is 1. The van der Waals surface area contributed by atoms with Crippen LogP contribution in [0.5, 0.6) is 0 Å². The van der Waals surface area contributed by atoms with Crippen molar-refractivity contribution in [1.29, 1.82) is 0 Å². The van der Waals surface area contributed by atoms with Crippen molar-refractivity contribution in [3.05, 3.63) is 34.0 Å². The number of fused-ring (bicyclic) bond motifs is 3. The number of benzene rings is 1. The van der Waals surface area contributed by atoms with Crippen molar-refractivity contribution >= 4 is 26.9 Å². The highest BCUT2D eigenvalue weighted by atomic mass is 79.9. The third-order valence-electron chi connectivity index (χ3n) is 2.96. The molecule has 0 amide bonds. The first kappa shape index (κ1) is 9.43. The van der Waals surface area contributed by atoms with Gasteiger partial charge in [-0.1, -0.05) is 15.9 Å². The van der Waals surface area contributed by atoms with E-state index in [0.29, 0.717) is 6.04 Å². The molecule has 3 heteroatoms. The smallest absolute Gasteiger partial charge is 0.135 e. The molecular weight excluding hydrogens is 254 g/mol. The van der Waals surface area contributed by atoms with Gasteiger partial charge in [0.2, 0.25) is 0 Å². The van der Waals surface area contributed by atoms with Crippen molar-refractivity contribution in [3.8, 4) is 0 Å². The lowest BCUT2D eigenvalue weighted by Gasteiger charge is -2.18. The average Bonchev–Trinajstić information content (AvgIpc) is 2.53. The van der Waals surface area contributed by atoms with Gasteiger partial charge in [0.15, 0.2) is 0 Å². The monoisotopic (exact) mass is 265 g/mol. The summed E-state index contributed by atoms with van der Waals surface area (Å²) >= 11 is 3.46. The Bertz CT molecular complexity index is 518. The van der Waals surface area contributed by atoms with Crippen molar-refractivity contribution in [2.24, 2.45) is 0 Å². The highest BCUT2D eigenvalue weighted by molar-refractivity contribution is 9.10. The third-order valence-corrected chi connectivity index (χ3v) is 3.45. The van der Waals surface area contributed by atoms with E-state index < -0.39 is 0 Å². The summed E-state index contributed by atoms with van der Waals surface area (Å²) in [6, 6.07) is 6.75. The van der Waals surface area contributed by atoms with Gasteiger partial charge in [0.05, 0.1) is 0 Å². The second-order valence-electron chi connectivity index (χ2n) is 4.13. The summed E-state index contributed by atoms with van der Waals surface area (Å²) in [6.07, 6.45) is 0.988. The first-order chi connectivity index (χ1) is 7.24. The standard InChI is InChI=1S/C12H12BrNO/c1-7-4-11-10(6-14-7)9-3-2-8(13)5-12(9)15-11/h2-3,5,7,14H,4,6H2,1H3. The van der Waals surface area contributed by atoms with Gasteiger partial charge in [-0.05, 0) is 25.1 Å². The SMILES string of the molecule is CC1Cc2oc3cc(Br)ccc3c2CN1. The molecule has 1 aromatic heterocycles. The first-order valence-corrected chi connectivity index (χ1v) is 5.96. The van der Waals surface area contributed by atoms with E-state index in [0.717, 1.165) is 28.8 Å². The van der Waals surface area contributed by atoms with Gasteiger partial charge in [0, 0.05) is 34.4 Å². The quantitative estimate of drug-likeness (QED) is 0.792. The van der Waals surface area contributed by atoms with Crippen LogP contribution in [0.1, 0.15) is 18.2 Å². The van der Waals surface area contributed by atoms with Gasteiger partial charge >= 0.3 is 0 Å². The third kappa shape index (κ3) is 1.50. The van der Waals surface area contributed by atoms with Gasteiger partial charge in [-0.2, -0.15) is 0 Å². The van der Waals surface area contributed by atoms with Crippen molar-refractivity contribution in [3.63, 3.8) is 0 Å². The summed E-state index contributed by atoms with van der Waals surface area (Å²) in [5.41, 5.74) is 2.32. The van der Waals surface area contributed by atoms with E-state index in [2.05, 4.69) is 40.3 Å². The summed E-state index contributed by atoms with van der Waals surface area (Å²) in [6.45, 7) is 3.11. The fraction of sp³-hybridized carbons (Fsp3) is 0.333. The molecule has 0 spiro atoms. The normalized spacial score (nSPS) is 20.5. The first-order valence-electron chi connectivity index (χ1n) is 5.17. The minimum absolute atomic E-state index is 0.515. The molecule has 15 heavy (non-hydrogen) atoms.